The second kappa shape index (κ2) is 11.6. The molecular weight excluding hydrogens is 524 g/mol. The molecule has 0 saturated carbocycles. The van der Waals surface area contributed by atoms with Gasteiger partial charge in [-0.1, -0.05) is 17.7 Å². The van der Waals surface area contributed by atoms with Gasteiger partial charge in [0, 0.05) is 38.7 Å². The molecule has 0 bridgehead atoms. The fraction of sp³-hybridized carbons (Fsp3) is 0.500. The van der Waals surface area contributed by atoms with Crippen LogP contribution in [0.25, 0.3) is 11.5 Å². The molecule has 200 valence electrons. The van der Waals surface area contributed by atoms with Crippen molar-refractivity contribution in [1.82, 2.24) is 35.0 Å². The summed E-state index contributed by atoms with van der Waals surface area (Å²) < 4.78 is 47.9. The molecular formula is C22H29ClN8O5S. The molecule has 1 saturated heterocycles. The highest BCUT2D eigenvalue weighted by atomic mass is 35.5. The van der Waals surface area contributed by atoms with E-state index in [1.165, 1.54) is 33.5 Å². The summed E-state index contributed by atoms with van der Waals surface area (Å²) in [6.45, 7) is 5.24. The van der Waals surface area contributed by atoms with Gasteiger partial charge in [-0.15, -0.1) is 10.2 Å². The van der Waals surface area contributed by atoms with Crippen LogP contribution < -0.4 is 14.8 Å². The summed E-state index contributed by atoms with van der Waals surface area (Å²) in [5.41, 5.74) is 0.463. The molecule has 4 heterocycles. The van der Waals surface area contributed by atoms with Crippen LogP contribution in [0.15, 0.2) is 30.6 Å². The first kappa shape index (κ1) is 27.1. The van der Waals surface area contributed by atoms with Crippen LogP contribution in [0.3, 0.4) is 0 Å². The molecule has 4 atom stereocenters. The first-order valence-electron chi connectivity index (χ1n) is 11.6. The number of ether oxygens (including phenoxy) is 3. The van der Waals surface area contributed by atoms with Crippen LogP contribution >= 0.6 is 11.6 Å². The first-order chi connectivity index (χ1) is 17.7. The van der Waals surface area contributed by atoms with Gasteiger partial charge in [0.2, 0.25) is 21.9 Å². The number of aromatic nitrogens is 6. The van der Waals surface area contributed by atoms with Crippen molar-refractivity contribution in [1.29, 1.82) is 0 Å². The monoisotopic (exact) mass is 552 g/mol. The molecule has 0 radical (unpaired) electrons. The van der Waals surface area contributed by atoms with Crippen LogP contribution in [-0.2, 0) is 19.5 Å². The van der Waals surface area contributed by atoms with E-state index in [-0.39, 0.29) is 23.9 Å². The molecule has 1 aliphatic heterocycles. The van der Waals surface area contributed by atoms with Crippen molar-refractivity contribution < 1.29 is 22.6 Å². The quantitative estimate of drug-likeness (QED) is 0.378. The average Bonchev–Trinajstić information content (AvgIpc) is 3.32. The minimum Gasteiger partial charge on any atom is -0.481 e. The lowest BCUT2D eigenvalue weighted by atomic mass is 10.1. The molecule has 0 unspecified atom stereocenters. The van der Waals surface area contributed by atoms with Crippen molar-refractivity contribution in [3.63, 3.8) is 0 Å². The number of morpholine rings is 1. The zero-order valence-electron chi connectivity index (χ0n) is 20.8. The van der Waals surface area contributed by atoms with E-state index in [1.54, 1.807) is 22.8 Å². The third-order valence-corrected chi connectivity index (χ3v) is 7.95. The van der Waals surface area contributed by atoms with Gasteiger partial charge in [-0.3, -0.25) is 9.29 Å². The third-order valence-electron chi connectivity index (χ3n) is 6.06. The lowest BCUT2D eigenvalue weighted by Crippen LogP contribution is -2.43. The summed E-state index contributed by atoms with van der Waals surface area (Å²) in [5.74, 6) is 0.940. The van der Waals surface area contributed by atoms with Crippen LogP contribution in [0.4, 0.5) is 5.95 Å². The molecule has 0 aromatic carbocycles. The number of rotatable bonds is 10. The summed E-state index contributed by atoms with van der Waals surface area (Å²) in [4.78, 5) is 12.7. The Kier molecular flexibility index (Phi) is 8.54. The summed E-state index contributed by atoms with van der Waals surface area (Å²) >= 11 is 5.88. The van der Waals surface area contributed by atoms with Crippen molar-refractivity contribution in [3.8, 4) is 17.4 Å². The molecule has 0 amide bonds. The van der Waals surface area contributed by atoms with E-state index in [9.17, 15) is 8.42 Å². The second-order valence-corrected chi connectivity index (χ2v) is 10.9. The summed E-state index contributed by atoms with van der Waals surface area (Å²) in [7, 11) is -1.16. The van der Waals surface area contributed by atoms with E-state index in [1.807, 2.05) is 6.92 Å². The van der Waals surface area contributed by atoms with E-state index >= 15 is 0 Å². The molecule has 1 fully saturated rings. The van der Waals surface area contributed by atoms with Gasteiger partial charge < -0.3 is 19.5 Å². The highest BCUT2D eigenvalue weighted by Gasteiger charge is 2.36. The normalized spacial score (nSPS) is 18.7. The number of methoxy groups -OCH3 is 2. The molecule has 3 aromatic rings. The zero-order valence-corrected chi connectivity index (χ0v) is 22.4. The minimum absolute atomic E-state index is 0.0139. The van der Waals surface area contributed by atoms with Crippen molar-refractivity contribution in [2.45, 2.75) is 37.3 Å². The Morgan fingerprint density at radius 3 is 2.62 bits per heavy atom. The Bertz CT molecular complexity index is 1300. The number of anilines is 1. The van der Waals surface area contributed by atoms with Crippen molar-refractivity contribution in [2.75, 3.05) is 38.6 Å². The van der Waals surface area contributed by atoms with Gasteiger partial charge in [-0.05, 0) is 19.9 Å². The third kappa shape index (κ3) is 5.99. The second-order valence-electron chi connectivity index (χ2n) is 8.40. The van der Waals surface area contributed by atoms with Gasteiger partial charge >= 0.3 is 0 Å². The van der Waals surface area contributed by atoms with Gasteiger partial charge in [-0.25, -0.2) is 23.4 Å². The lowest BCUT2D eigenvalue weighted by molar-refractivity contribution is 0.000334. The van der Waals surface area contributed by atoms with Crippen LogP contribution in [0.1, 0.15) is 31.8 Å². The highest BCUT2D eigenvalue weighted by molar-refractivity contribution is 7.93. The highest BCUT2D eigenvalue weighted by Crippen LogP contribution is 2.30. The topological polar surface area (TPSA) is 155 Å². The van der Waals surface area contributed by atoms with Gasteiger partial charge in [0.25, 0.3) is 0 Å². The van der Waals surface area contributed by atoms with Crippen LogP contribution in [-0.4, -0.2) is 83.4 Å². The Hall–Kier alpha value is -2.91. The van der Waals surface area contributed by atoms with Crippen LogP contribution in [0, 0.1) is 0 Å². The van der Waals surface area contributed by atoms with E-state index in [2.05, 4.69) is 35.2 Å². The van der Waals surface area contributed by atoms with E-state index < -0.39 is 21.4 Å². The number of nitrogens with zero attached hydrogens (tertiary/aromatic N) is 6. The van der Waals surface area contributed by atoms with Gasteiger partial charge in [0.15, 0.2) is 11.6 Å². The van der Waals surface area contributed by atoms with Gasteiger partial charge in [0.05, 0.1) is 30.9 Å². The molecule has 3 aromatic heterocycles. The molecule has 1 aliphatic rings. The zero-order chi connectivity index (χ0) is 26.6. The molecule has 4 rings (SSSR count). The largest absolute Gasteiger partial charge is 0.481 e. The van der Waals surface area contributed by atoms with Crippen LogP contribution in [0.2, 0.25) is 5.02 Å². The molecule has 15 heteroatoms. The number of hydrogen-bond acceptors (Lipinski definition) is 11. The van der Waals surface area contributed by atoms with Gasteiger partial charge in [-0.2, -0.15) is 0 Å². The fourth-order valence-corrected chi connectivity index (χ4v) is 5.23. The predicted octanol–water partition coefficient (Wildman–Crippen LogP) is 1.86. The molecule has 37 heavy (non-hydrogen) atoms. The Balaban J connectivity index is 1.70. The number of sulfonamides is 1. The smallest absolute Gasteiger partial charge is 0.240 e. The Morgan fingerprint density at radius 1 is 1.22 bits per heavy atom. The molecule has 2 N–H and O–H groups in total. The number of halogens is 1. The standard InChI is InChI=1S/C22H29ClN8O5S/c1-13(17-12-24-8-9-36-17)31-21(16-6-5-7-18(27-16)34-3)28-29-22(31)30-37(32,33)14(2)19(35-4)20-25-10-15(23)11-26-20/h5-7,10-11,13-14,17,19,24H,8-9,12H2,1-4H3,(H,29,30)/t13-,14+,17+,19+/m1/s1. The number of hydrogen-bond donors (Lipinski definition) is 2. The van der Waals surface area contributed by atoms with Crippen molar-refractivity contribution >= 4 is 27.6 Å². The predicted molar refractivity (Wildman–Crippen MR) is 136 cm³/mol. The molecule has 13 nitrogen and oxygen atoms in total. The van der Waals surface area contributed by atoms with Crippen molar-refractivity contribution in [2.24, 2.45) is 0 Å². The average molecular weight is 553 g/mol. The Morgan fingerprint density at radius 2 is 1.97 bits per heavy atom. The summed E-state index contributed by atoms with van der Waals surface area (Å²) in [6.07, 6.45) is 1.54. The maximum absolute atomic E-state index is 13.5. The van der Waals surface area contributed by atoms with Gasteiger partial charge in [0.1, 0.15) is 17.0 Å². The van der Waals surface area contributed by atoms with E-state index in [4.69, 9.17) is 25.8 Å². The number of nitrogens with one attached hydrogen (secondary N) is 2. The SMILES string of the molecule is COc1cccc(-c2nnc(NS(=O)(=O)[C@@H](C)[C@H](OC)c3ncc(Cl)cn3)n2[C@H](C)[C@@H]2CNCCO2)n1. The first-order valence-corrected chi connectivity index (χ1v) is 13.5. The Labute approximate surface area is 220 Å². The van der Waals surface area contributed by atoms with Crippen molar-refractivity contribution in [3.05, 3.63) is 41.4 Å². The van der Waals surface area contributed by atoms with E-state index in [0.717, 1.165) is 6.54 Å². The lowest BCUT2D eigenvalue weighted by Gasteiger charge is -2.31. The molecule has 0 spiro atoms. The molecule has 0 aliphatic carbocycles. The summed E-state index contributed by atoms with van der Waals surface area (Å²) in [5, 5.41) is 11.0. The minimum atomic E-state index is -4.06. The number of pyridine rings is 1. The maximum Gasteiger partial charge on any atom is 0.240 e. The van der Waals surface area contributed by atoms with Crippen LogP contribution in [0.5, 0.6) is 5.88 Å². The fourth-order valence-electron chi connectivity index (χ4n) is 4.00. The maximum atomic E-state index is 13.5. The summed E-state index contributed by atoms with van der Waals surface area (Å²) in [6, 6.07) is 4.87. The van der Waals surface area contributed by atoms with E-state index in [0.29, 0.717) is 35.6 Å².